The number of hydroxylamine groups is 1. The Hall–Kier alpha value is -2.01. The Morgan fingerprint density at radius 2 is 1.55 bits per heavy atom. The van der Waals surface area contributed by atoms with Crippen LogP contribution >= 0.6 is 0 Å². The van der Waals surface area contributed by atoms with E-state index in [-0.39, 0.29) is 22.9 Å². The number of nitrogens with zero attached hydrogens (tertiary/aromatic N) is 3. The number of hydrogen-bond acceptors (Lipinski definition) is 7. The minimum atomic E-state index is -3.81. The molecule has 0 saturated carbocycles. The third-order valence-electron chi connectivity index (χ3n) is 3.84. The number of amides is 1. The van der Waals surface area contributed by atoms with E-state index in [1.54, 1.807) is 20.8 Å². The molecule has 0 heterocycles. The number of carbonyl (C=O) groups excluding carboxylic acids is 2. The van der Waals surface area contributed by atoms with E-state index in [1.165, 1.54) is 43.3 Å². The number of ether oxygens (including phenoxy) is 1. The van der Waals surface area contributed by atoms with Crippen molar-refractivity contribution >= 4 is 21.9 Å². The van der Waals surface area contributed by atoms with E-state index in [1.807, 2.05) is 19.0 Å². The molecule has 164 valence electrons. The molecule has 0 aromatic heterocycles. The minimum absolute atomic E-state index is 0.00890. The molecule has 0 atom stereocenters. The van der Waals surface area contributed by atoms with Crippen LogP contribution in [0.15, 0.2) is 29.2 Å². The molecule has 29 heavy (non-hydrogen) atoms. The first-order valence-corrected chi connectivity index (χ1v) is 10.5. The smallest absolute Gasteiger partial charge is 0.326 e. The van der Waals surface area contributed by atoms with Gasteiger partial charge in [0.15, 0.2) is 0 Å². The molecule has 9 nitrogen and oxygen atoms in total. The van der Waals surface area contributed by atoms with Crippen LogP contribution in [0.25, 0.3) is 0 Å². The van der Waals surface area contributed by atoms with Crippen molar-refractivity contribution in [2.24, 2.45) is 0 Å². The minimum Gasteiger partial charge on any atom is -0.459 e. The van der Waals surface area contributed by atoms with Crippen LogP contribution in [0.2, 0.25) is 0 Å². The van der Waals surface area contributed by atoms with Crippen LogP contribution in [0.1, 0.15) is 31.1 Å². The molecule has 10 heteroatoms. The number of hydrogen-bond donors (Lipinski definition) is 0. The number of likely N-dealkylation sites (N-methyl/N-ethyl adjacent to an activating group) is 1. The van der Waals surface area contributed by atoms with E-state index in [0.29, 0.717) is 13.1 Å². The maximum absolute atomic E-state index is 12.9. The standard InChI is InChI=1S/C19H31N3O6S/c1-19(2,3)28-17(23)14-22(13-12-20(4)5)18(24)15-8-10-16(11-9-15)29(25,26)21(6)27-7/h8-11H,12-14H2,1-7H3. The van der Waals surface area contributed by atoms with Crippen LogP contribution in [0.3, 0.4) is 0 Å². The van der Waals surface area contributed by atoms with Gasteiger partial charge in [-0.3, -0.25) is 14.4 Å². The molecule has 0 radical (unpaired) electrons. The van der Waals surface area contributed by atoms with Crippen LogP contribution in [-0.4, -0.2) is 88.1 Å². The Balaban J connectivity index is 3.04. The van der Waals surface area contributed by atoms with E-state index in [9.17, 15) is 18.0 Å². The van der Waals surface area contributed by atoms with Crippen LogP contribution in [0.5, 0.6) is 0 Å². The number of carbonyl (C=O) groups is 2. The van der Waals surface area contributed by atoms with Crippen molar-refractivity contribution in [2.75, 3.05) is 47.9 Å². The van der Waals surface area contributed by atoms with Crippen LogP contribution in [0.4, 0.5) is 0 Å². The van der Waals surface area contributed by atoms with E-state index in [2.05, 4.69) is 0 Å². The monoisotopic (exact) mass is 429 g/mol. The molecule has 0 saturated heterocycles. The van der Waals surface area contributed by atoms with E-state index < -0.39 is 21.6 Å². The van der Waals surface area contributed by atoms with E-state index >= 15 is 0 Å². The van der Waals surface area contributed by atoms with E-state index in [4.69, 9.17) is 9.57 Å². The Labute approximate surface area is 173 Å². The summed E-state index contributed by atoms with van der Waals surface area (Å²) in [5, 5.41) is 0. The highest BCUT2D eigenvalue weighted by Crippen LogP contribution is 2.16. The lowest BCUT2D eigenvalue weighted by atomic mass is 10.2. The topological polar surface area (TPSA) is 96.5 Å². The lowest BCUT2D eigenvalue weighted by Crippen LogP contribution is -2.42. The summed E-state index contributed by atoms with van der Waals surface area (Å²) in [6, 6.07) is 5.48. The molecule has 0 bridgehead atoms. The Morgan fingerprint density at radius 3 is 2.00 bits per heavy atom. The number of esters is 1. The molecule has 1 rings (SSSR count). The van der Waals surface area contributed by atoms with Gasteiger partial charge >= 0.3 is 5.97 Å². The Morgan fingerprint density at radius 1 is 1.00 bits per heavy atom. The average molecular weight is 430 g/mol. The highest BCUT2D eigenvalue weighted by molar-refractivity contribution is 7.89. The van der Waals surface area contributed by atoms with Crippen LogP contribution < -0.4 is 0 Å². The second-order valence-electron chi connectivity index (χ2n) is 7.74. The van der Waals surface area contributed by atoms with E-state index in [0.717, 1.165) is 4.47 Å². The Bertz CT molecular complexity index is 800. The summed E-state index contributed by atoms with van der Waals surface area (Å²) in [7, 11) is 2.44. The zero-order chi connectivity index (χ0) is 22.4. The molecular weight excluding hydrogens is 398 g/mol. The van der Waals surface area contributed by atoms with Gasteiger partial charge < -0.3 is 14.5 Å². The largest absolute Gasteiger partial charge is 0.459 e. The summed E-state index contributed by atoms with van der Waals surface area (Å²) in [6.07, 6.45) is 0. The molecule has 1 aromatic carbocycles. The van der Waals surface area contributed by atoms with Gasteiger partial charge in [-0.25, -0.2) is 8.42 Å². The fourth-order valence-corrected chi connectivity index (χ4v) is 3.27. The summed E-state index contributed by atoms with van der Waals surface area (Å²) in [4.78, 5) is 33.1. The first kappa shape index (κ1) is 25.0. The molecule has 0 unspecified atom stereocenters. The van der Waals surface area contributed by atoms with Crippen molar-refractivity contribution < 1.29 is 27.6 Å². The summed E-state index contributed by atoms with van der Waals surface area (Å²) in [5.74, 6) is -0.896. The van der Waals surface area contributed by atoms with Gasteiger partial charge in [-0.1, -0.05) is 4.47 Å². The molecule has 0 aliphatic heterocycles. The fraction of sp³-hybridized carbons (Fsp3) is 0.579. The van der Waals surface area contributed by atoms with Gasteiger partial charge in [-0.2, -0.15) is 0 Å². The molecule has 0 aliphatic rings. The van der Waals surface area contributed by atoms with Crippen molar-refractivity contribution in [3.05, 3.63) is 29.8 Å². The number of sulfonamides is 1. The molecule has 1 amide bonds. The van der Waals surface area contributed by atoms with Gasteiger partial charge in [0.25, 0.3) is 15.9 Å². The third-order valence-corrected chi connectivity index (χ3v) is 5.53. The van der Waals surface area contributed by atoms with Gasteiger partial charge in [-0.15, -0.1) is 0 Å². The van der Waals surface area contributed by atoms with Crippen LogP contribution in [0, 0.1) is 0 Å². The van der Waals surface area contributed by atoms with Gasteiger partial charge in [0, 0.05) is 25.7 Å². The lowest BCUT2D eigenvalue weighted by Gasteiger charge is -2.26. The summed E-state index contributed by atoms with van der Waals surface area (Å²) in [5.41, 5.74) is -0.386. The molecule has 0 N–H and O–H groups in total. The molecule has 1 aromatic rings. The SMILES string of the molecule is CON(C)S(=O)(=O)c1ccc(C(=O)N(CCN(C)C)CC(=O)OC(C)(C)C)cc1. The molecule has 0 aliphatic carbocycles. The predicted octanol–water partition coefficient (Wildman–Crippen LogP) is 1.21. The second kappa shape index (κ2) is 10.1. The van der Waals surface area contributed by atoms with Crippen molar-refractivity contribution in [2.45, 2.75) is 31.3 Å². The number of benzene rings is 1. The van der Waals surface area contributed by atoms with Gasteiger partial charge in [0.1, 0.15) is 12.1 Å². The first-order chi connectivity index (χ1) is 13.3. The maximum Gasteiger partial charge on any atom is 0.326 e. The predicted molar refractivity (Wildman–Crippen MR) is 109 cm³/mol. The lowest BCUT2D eigenvalue weighted by molar-refractivity contribution is -0.155. The van der Waals surface area contributed by atoms with Crippen LogP contribution in [-0.2, 0) is 24.4 Å². The third kappa shape index (κ3) is 7.73. The summed E-state index contributed by atoms with van der Waals surface area (Å²) < 4.78 is 30.6. The highest BCUT2D eigenvalue weighted by atomic mass is 32.2. The first-order valence-electron chi connectivity index (χ1n) is 9.07. The fourth-order valence-electron chi connectivity index (χ4n) is 2.30. The van der Waals surface area contributed by atoms with Crippen molar-refractivity contribution in [1.29, 1.82) is 0 Å². The van der Waals surface area contributed by atoms with Crippen molar-refractivity contribution in [1.82, 2.24) is 14.3 Å². The van der Waals surface area contributed by atoms with Gasteiger partial charge in [0.05, 0.1) is 12.0 Å². The maximum atomic E-state index is 12.9. The summed E-state index contributed by atoms with van der Waals surface area (Å²) >= 11 is 0. The normalized spacial score (nSPS) is 12.3. The molecule has 0 fully saturated rings. The quantitative estimate of drug-likeness (QED) is 0.430. The number of rotatable bonds is 9. The second-order valence-corrected chi connectivity index (χ2v) is 9.67. The summed E-state index contributed by atoms with van der Waals surface area (Å²) in [6.45, 7) is 5.95. The van der Waals surface area contributed by atoms with Gasteiger partial charge in [-0.05, 0) is 59.1 Å². The zero-order valence-corrected chi connectivity index (χ0v) is 18.9. The molecule has 0 spiro atoms. The Kier molecular flexibility index (Phi) is 8.76. The van der Waals surface area contributed by atoms with Crippen molar-refractivity contribution in [3.8, 4) is 0 Å². The van der Waals surface area contributed by atoms with Crippen molar-refractivity contribution in [3.63, 3.8) is 0 Å². The van der Waals surface area contributed by atoms with Gasteiger partial charge in [0.2, 0.25) is 0 Å². The average Bonchev–Trinajstić information content (AvgIpc) is 2.62. The molecular formula is C19H31N3O6S. The highest BCUT2D eigenvalue weighted by Gasteiger charge is 2.25. The zero-order valence-electron chi connectivity index (χ0n) is 18.1.